The highest BCUT2D eigenvalue weighted by molar-refractivity contribution is 6.08. The number of phenols is 1. The van der Waals surface area contributed by atoms with Crippen molar-refractivity contribution in [1.29, 1.82) is 0 Å². The number of aromatic hydroxyl groups is 1. The van der Waals surface area contributed by atoms with E-state index < -0.39 is 0 Å². The summed E-state index contributed by atoms with van der Waals surface area (Å²) in [7, 11) is 1.67. The zero-order valence-electron chi connectivity index (χ0n) is 9.74. The molecule has 0 atom stereocenters. The standard InChI is InChI=1S/C14H13NO2/c1-8-5-10-11-6-9(16)3-4-12(11)15-13(10)7-14(8)17-2/h3-7,15-16H,1-2H3. The van der Waals surface area contributed by atoms with Gasteiger partial charge in [-0.2, -0.15) is 0 Å². The Labute approximate surface area is 98.6 Å². The van der Waals surface area contributed by atoms with Crippen LogP contribution in [-0.4, -0.2) is 17.2 Å². The van der Waals surface area contributed by atoms with Gasteiger partial charge < -0.3 is 14.8 Å². The number of phenolic OH excluding ortho intramolecular Hbond substituents is 1. The molecule has 0 amide bonds. The summed E-state index contributed by atoms with van der Waals surface area (Å²) in [5.74, 6) is 1.15. The van der Waals surface area contributed by atoms with Crippen molar-refractivity contribution in [3.63, 3.8) is 0 Å². The Bertz CT molecular complexity index is 713. The van der Waals surface area contributed by atoms with Gasteiger partial charge in [-0.1, -0.05) is 0 Å². The molecule has 0 aliphatic rings. The van der Waals surface area contributed by atoms with Crippen LogP contribution in [0.5, 0.6) is 11.5 Å². The lowest BCUT2D eigenvalue weighted by Gasteiger charge is -2.04. The first-order valence-electron chi connectivity index (χ1n) is 5.48. The van der Waals surface area contributed by atoms with Gasteiger partial charge in [-0.25, -0.2) is 0 Å². The first-order chi connectivity index (χ1) is 8.19. The van der Waals surface area contributed by atoms with E-state index in [2.05, 4.69) is 11.1 Å². The van der Waals surface area contributed by atoms with Crippen LogP contribution >= 0.6 is 0 Å². The van der Waals surface area contributed by atoms with Crippen LogP contribution in [-0.2, 0) is 0 Å². The van der Waals surface area contributed by atoms with Gasteiger partial charge in [-0.05, 0) is 36.8 Å². The van der Waals surface area contributed by atoms with Crippen molar-refractivity contribution >= 4 is 21.8 Å². The lowest BCUT2D eigenvalue weighted by molar-refractivity contribution is 0.412. The molecular formula is C14H13NO2. The van der Waals surface area contributed by atoms with Gasteiger partial charge >= 0.3 is 0 Å². The SMILES string of the molecule is COc1cc2[nH]c3ccc(O)cc3c2cc1C. The molecule has 1 heterocycles. The van der Waals surface area contributed by atoms with E-state index >= 15 is 0 Å². The molecule has 17 heavy (non-hydrogen) atoms. The third-order valence-electron chi connectivity index (χ3n) is 3.10. The topological polar surface area (TPSA) is 45.2 Å². The largest absolute Gasteiger partial charge is 0.508 e. The van der Waals surface area contributed by atoms with E-state index in [0.717, 1.165) is 33.1 Å². The summed E-state index contributed by atoms with van der Waals surface area (Å²) in [6, 6.07) is 9.41. The summed E-state index contributed by atoms with van der Waals surface area (Å²) >= 11 is 0. The van der Waals surface area contributed by atoms with Gasteiger partial charge in [0.15, 0.2) is 0 Å². The maximum absolute atomic E-state index is 9.54. The van der Waals surface area contributed by atoms with Crippen molar-refractivity contribution in [3.8, 4) is 11.5 Å². The van der Waals surface area contributed by atoms with Crippen molar-refractivity contribution in [2.24, 2.45) is 0 Å². The first kappa shape index (κ1) is 10.0. The van der Waals surface area contributed by atoms with E-state index in [1.54, 1.807) is 19.2 Å². The van der Waals surface area contributed by atoms with Gasteiger partial charge in [0.25, 0.3) is 0 Å². The summed E-state index contributed by atoms with van der Waals surface area (Å²) in [6.07, 6.45) is 0. The first-order valence-corrected chi connectivity index (χ1v) is 5.48. The maximum atomic E-state index is 9.54. The minimum absolute atomic E-state index is 0.284. The van der Waals surface area contributed by atoms with Crippen molar-refractivity contribution < 1.29 is 9.84 Å². The molecule has 86 valence electrons. The number of hydrogen-bond donors (Lipinski definition) is 2. The number of rotatable bonds is 1. The monoisotopic (exact) mass is 227 g/mol. The second-order valence-corrected chi connectivity index (χ2v) is 4.22. The lowest BCUT2D eigenvalue weighted by atomic mass is 10.1. The van der Waals surface area contributed by atoms with Crippen LogP contribution in [0, 0.1) is 6.92 Å². The van der Waals surface area contributed by atoms with Gasteiger partial charge in [0.2, 0.25) is 0 Å². The summed E-state index contributed by atoms with van der Waals surface area (Å²) in [6.45, 7) is 2.01. The van der Waals surface area contributed by atoms with E-state index in [9.17, 15) is 5.11 Å². The van der Waals surface area contributed by atoms with Crippen LogP contribution in [0.25, 0.3) is 21.8 Å². The van der Waals surface area contributed by atoms with Crippen molar-refractivity contribution in [2.45, 2.75) is 6.92 Å². The Morgan fingerprint density at radius 2 is 1.82 bits per heavy atom. The Morgan fingerprint density at radius 1 is 1.06 bits per heavy atom. The molecule has 0 unspecified atom stereocenters. The summed E-state index contributed by atoms with van der Waals surface area (Å²) in [4.78, 5) is 3.32. The van der Waals surface area contributed by atoms with Crippen LogP contribution < -0.4 is 4.74 Å². The minimum Gasteiger partial charge on any atom is -0.508 e. The summed E-state index contributed by atoms with van der Waals surface area (Å²) < 4.78 is 5.30. The second kappa shape index (κ2) is 3.42. The van der Waals surface area contributed by atoms with Gasteiger partial charge in [-0.15, -0.1) is 0 Å². The molecule has 3 aromatic rings. The van der Waals surface area contributed by atoms with E-state index in [0.29, 0.717) is 0 Å². The molecule has 2 N–H and O–H groups in total. The average Bonchev–Trinajstić information content (AvgIpc) is 2.65. The highest BCUT2D eigenvalue weighted by Crippen LogP contribution is 2.32. The van der Waals surface area contributed by atoms with E-state index in [1.807, 2.05) is 19.1 Å². The molecule has 0 radical (unpaired) electrons. The van der Waals surface area contributed by atoms with Crippen LogP contribution in [0.1, 0.15) is 5.56 Å². The predicted molar refractivity (Wildman–Crippen MR) is 68.8 cm³/mol. The number of fused-ring (bicyclic) bond motifs is 3. The molecule has 0 spiro atoms. The Balaban J connectivity index is 2.44. The highest BCUT2D eigenvalue weighted by atomic mass is 16.5. The third kappa shape index (κ3) is 1.43. The van der Waals surface area contributed by atoms with Gasteiger partial charge in [0, 0.05) is 22.4 Å². The van der Waals surface area contributed by atoms with Gasteiger partial charge in [0.1, 0.15) is 11.5 Å². The van der Waals surface area contributed by atoms with Crippen LogP contribution in [0.15, 0.2) is 30.3 Å². The molecule has 0 fully saturated rings. The Kier molecular flexibility index (Phi) is 2.01. The highest BCUT2D eigenvalue weighted by Gasteiger charge is 2.08. The molecule has 3 rings (SSSR count). The number of benzene rings is 2. The Hall–Kier alpha value is -2.16. The summed E-state index contributed by atoms with van der Waals surface area (Å²) in [5.41, 5.74) is 3.13. The molecule has 0 saturated heterocycles. The maximum Gasteiger partial charge on any atom is 0.123 e. The number of aromatic amines is 1. The smallest absolute Gasteiger partial charge is 0.123 e. The molecule has 1 aromatic heterocycles. The third-order valence-corrected chi connectivity index (χ3v) is 3.10. The lowest BCUT2D eigenvalue weighted by Crippen LogP contribution is -1.86. The Morgan fingerprint density at radius 3 is 2.59 bits per heavy atom. The zero-order chi connectivity index (χ0) is 12.0. The molecule has 3 heteroatoms. The van der Waals surface area contributed by atoms with Crippen LogP contribution in [0.3, 0.4) is 0 Å². The van der Waals surface area contributed by atoms with Gasteiger partial charge in [0.05, 0.1) is 12.6 Å². The van der Waals surface area contributed by atoms with E-state index in [1.165, 1.54) is 0 Å². The van der Waals surface area contributed by atoms with E-state index in [4.69, 9.17) is 4.74 Å². The fourth-order valence-corrected chi connectivity index (χ4v) is 2.24. The average molecular weight is 227 g/mol. The quantitative estimate of drug-likeness (QED) is 0.669. The molecule has 0 bridgehead atoms. The van der Waals surface area contributed by atoms with Gasteiger partial charge in [-0.3, -0.25) is 0 Å². The number of hydrogen-bond acceptors (Lipinski definition) is 2. The number of nitrogens with one attached hydrogen (secondary N) is 1. The normalized spacial score (nSPS) is 11.2. The summed E-state index contributed by atoms with van der Waals surface area (Å²) in [5, 5.41) is 11.7. The molecule has 0 saturated carbocycles. The predicted octanol–water partition coefficient (Wildman–Crippen LogP) is 3.34. The fraction of sp³-hybridized carbons (Fsp3) is 0.143. The molecule has 0 aliphatic heterocycles. The molecule has 3 nitrogen and oxygen atoms in total. The van der Waals surface area contributed by atoms with Crippen LogP contribution in [0.4, 0.5) is 0 Å². The van der Waals surface area contributed by atoms with Crippen molar-refractivity contribution in [3.05, 3.63) is 35.9 Å². The van der Waals surface area contributed by atoms with Crippen molar-refractivity contribution in [2.75, 3.05) is 7.11 Å². The molecule has 0 aliphatic carbocycles. The molecular weight excluding hydrogens is 214 g/mol. The fourth-order valence-electron chi connectivity index (χ4n) is 2.24. The number of ether oxygens (including phenoxy) is 1. The molecule has 2 aromatic carbocycles. The zero-order valence-corrected chi connectivity index (χ0v) is 9.74. The minimum atomic E-state index is 0.284. The van der Waals surface area contributed by atoms with Crippen molar-refractivity contribution in [1.82, 2.24) is 4.98 Å². The number of aromatic nitrogens is 1. The van der Waals surface area contributed by atoms with Crippen LogP contribution in [0.2, 0.25) is 0 Å². The number of aryl methyl sites for hydroxylation is 1. The number of H-pyrrole nitrogens is 1. The number of methoxy groups -OCH3 is 1. The second-order valence-electron chi connectivity index (χ2n) is 4.22. The van der Waals surface area contributed by atoms with E-state index in [-0.39, 0.29) is 5.75 Å².